The summed E-state index contributed by atoms with van der Waals surface area (Å²) in [5, 5.41) is 8.07. The first kappa shape index (κ1) is 18.7. The number of hydrogen-bond acceptors (Lipinski definition) is 3. The van der Waals surface area contributed by atoms with Crippen molar-refractivity contribution in [2.45, 2.75) is 13.3 Å². The number of nitrogens with zero attached hydrogens (tertiary/aromatic N) is 3. The van der Waals surface area contributed by atoms with Crippen molar-refractivity contribution in [1.29, 1.82) is 0 Å². The third kappa shape index (κ3) is 5.21. The van der Waals surface area contributed by atoms with Crippen molar-refractivity contribution in [3.63, 3.8) is 0 Å². The molecular formula is C20H19FN4OS. The SMILES string of the molecule is CCCOc1cc(=NC(=S)Nc2cccc(F)c2)cnn1-c1ccccc1. The molecule has 0 fully saturated rings. The van der Waals surface area contributed by atoms with Crippen molar-refractivity contribution < 1.29 is 9.13 Å². The zero-order chi connectivity index (χ0) is 19.1. The zero-order valence-corrected chi connectivity index (χ0v) is 15.6. The van der Waals surface area contributed by atoms with E-state index in [9.17, 15) is 4.39 Å². The molecule has 0 bridgehead atoms. The van der Waals surface area contributed by atoms with Crippen LogP contribution in [0.5, 0.6) is 5.88 Å². The maximum Gasteiger partial charge on any atom is 0.217 e. The Bertz CT molecular complexity index is 989. The highest BCUT2D eigenvalue weighted by molar-refractivity contribution is 7.80. The highest BCUT2D eigenvalue weighted by atomic mass is 32.1. The van der Waals surface area contributed by atoms with Gasteiger partial charge in [0.25, 0.3) is 0 Å². The molecule has 0 amide bonds. The van der Waals surface area contributed by atoms with Gasteiger partial charge in [-0.05, 0) is 49.0 Å². The Balaban J connectivity index is 1.89. The second-order valence-electron chi connectivity index (χ2n) is 5.70. The lowest BCUT2D eigenvalue weighted by Crippen LogP contribution is -2.17. The van der Waals surface area contributed by atoms with Crippen LogP contribution < -0.4 is 15.4 Å². The van der Waals surface area contributed by atoms with E-state index in [1.54, 1.807) is 29.1 Å². The Morgan fingerprint density at radius 2 is 2.00 bits per heavy atom. The van der Waals surface area contributed by atoms with Crippen LogP contribution in [0.1, 0.15) is 13.3 Å². The smallest absolute Gasteiger partial charge is 0.217 e. The summed E-state index contributed by atoms with van der Waals surface area (Å²) in [4.78, 5) is 4.33. The van der Waals surface area contributed by atoms with Crippen molar-refractivity contribution in [3.05, 3.63) is 78.0 Å². The van der Waals surface area contributed by atoms with Crippen LogP contribution in [0.25, 0.3) is 5.69 Å². The Hall–Kier alpha value is -3.06. The third-order valence-electron chi connectivity index (χ3n) is 3.55. The van der Waals surface area contributed by atoms with Gasteiger partial charge in [0.05, 0.1) is 23.8 Å². The largest absolute Gasteiger partial charge is 0.478 e. The zero-order valence-electron chi connectivity index (χ0n) is 14.8. The maximum absolute atomic E-state index is 13.3. The first-order valence-electron chi connectivity index (χ1n) is 8.54. The van der Waals surface area contributed by atoms with Crippen LogP contribution in [-0.2, 0) is 0 Å². The number of rotatable bonds is 5. The second-order valence-corrected chi connectivity index (χ2v) is 6.09. The predicted octanol–water partition coefficient (Wildman–Crippen LogP) is 4.10. The number of anilines is 1. The molecule has 3 aromatic rings. The van der Waals surface area contributed by atoms with E-state index in [0.717, 1.165) is 12.1 Å². The highest BCUT2D eigenvalue weighted by Crippen LogP contribution is 2.14. The monoisotopic (exact) mass is 382 g/mol. The molecule has 0 aliphatic rings. The quantitative estimate of drug-likeness (QED) is 0.675. The topological polar surface area (TPSA) is 51.4 Å². The Morgan fingerprint density at radius 1 is 1.19 bits per heavy atom. The lowest BCUT2D eigenvalue weighted by atomic mass is 10.3. The van der Waals surface area contributed by atoms with E-state index in [2.05, 4.69) is 15.4 Å². The molecule has 0 atom stereocenters. The number of halogens is 1. The molecular weight excluding hydrogens is 363 g/mol. The fourth-order valence-electron chi connectivity index (χ4n) is 2.37. The summed E-state index contributed by atoms with van der Waals surface area (Å²) >= 11 is 5.24. The van der Waals surface area contributed by atoms with Crippen LogP contribution in [0, 0.1) is 5.82 Å². The van der Waals surface area contributed by atoms with Crippen LogP contribution in [0.15, 0.2) is 71.9 Å². The van der Waals surface area contributed by atoms with Gasteiger partial charge >= 0.3 is 0 Å². The molecule has 0 saturated carbocycles. The van der Waals surface area contributed by atoms with Crippen molar-refractivity contribution in [2.75, 3.05) is 11.9 Å². The Kier molecular flexibility index (Phi) is 6.27. The van der Waals surface area contributed by atoms with E-state index < -0.39 is 0 Å². The molecule has 0 radical (unpaired) electrons. The van der Waals surface area contributed by atoms with Gasteiger partial charge in [0.2, 0.25) is 5.88 Å². The normalized spacial score (nSPS) is 11.3. The molecule has 1 heterocycles. The second kappa shape index (κ2) is 9.05. The summed E-state index contributed by atoms with van der Waals surface area (Å²) in [6, 6.07) is 17.5. The highest BCUT2D eigenvalue weighted by Gasteiger charge is 2.06. The maximum atomic E-state index is 13.3. The molecule has 1 N–H and O–H groups in total. The summed E-state index contributed by atoms with van der Waals surface area (Å²) in [5.41, 5.74) is 1.42. The van der Waals surface area contributed by atoms with E-state index in [0.29, 0.717) is 23.5 Å². The number of aromatic nitrogens is 2. The lowest BCUT2D eigenvalue weighted by Gasteiger charge is -2.12. The number of ether oxygens (including phenoxy) is 1. The van der Waals surface area contributed by atoms with Gasteiger partial charge in [-0.1, -0.05) is 31.2 Å². The van der Waals surface area contributed by atoms with E-state index in [4.69, 9.17) is 17.0 Å². The standard InChI is InChI=1S/C20H19FN4OS/c1-2-11-26-19-13-17(14-22-25(19)18-9-4-3-5-10-18)24-20(27)23-16-8-6-7-15(21)12-16/h3-10,12-14H,2,11H2,1H3,(H,23,27). The molecule has 0 aliphatic heterocycles. The van der Waals surface area contributed by atoms with Crippen LogP contribution >= 0.6 is 12.2 Å². The van der Waals surface area contributed by atoms with Gasteiger partial charge in [-0.15, -0.1) is 0 Å². The average Bonchev–Trinajstić information content (AvgIpc) is 2.67. The molecule has 7 heteroatoms. The van der Waals surface area contributed by atoms with Crippen LogP contribution in [-0.4, -0.2) is 21.5 Å². The summed E-state index contributed by atoms with van der Waals surface area (Å²) in [6.07, 6.45) is 2.47. The summed E-state index contributed by atoms with van der Waals surface area (Å²) in [5.74, 6) is 0.223. The predicted molar refractivity (Wildman–Crippen MR) is 108 cm³/mol. The lowest BCUT2D eigenvalue weighted by molar-refractivity contribution is 0.291. The molecule has 27 heavy (non-hydrogen) atoms. The van der Waals surface area contributed by atoms with Gasteiger partial charge < -0.3 is 10.1 Å². The number of benzene rings is 2. The molecule has 3 rings (SSSR count). The Morgan fingerprint density at radius 3 is 2.74 bits per heavy atom. The number of hydrogen-bond donors (Lipinski definition) is 1. The van der Waals surface area contributed by atoms with Gasteiger partial charge in [0.15, 0.2) is 5.11 Å². The molecule has 1 aromatic heterocycles. The number of nitrogens with one attached hydrogen (secondary N) is 1. The molecule has 5 nitrogen and oxygen atoms in total. The number of para-hydroxylation sites is 1. The molecule has 0 spiro atoms. The third-order valence-corrected chi connectivity index (χ3v) is 3.74. The van der Waals surface area contributed by atoms with Gasteiger partial charge in [0.1, 0.15) is 5.82 Å². The summed E-state index contributed by atoms with van der Waals surface area (Å²) in [6.45, 7) is 2.59. The fourth-order valence-corrected chi connectivity index (χ4v) is 2.59. The van der Waals surface area contributed by atoms with E-state index in [1.165, 1.54) is 12.1 Å². The molecule has 138 valence electrons. The Labute approximate surface area is 162 Å². The minimum absolute atomic E-state index is 0.210. The van der Waals surface area contributed by atoms with E-state index in [1.807, 2.05) is 37.3 Å². The fraction of sp³-hybridized carbons (Fsp3) is 0.150. The van der Waals surface area contributed by atoms with Crippen molar-refractivity contribution in [2.24, 2.45) is 4.99 Å². The van der Waals surface area contributed by atoms with Crippen molar-refractivity contribution in [3.8, 4) is 11.6 Å². The average molecular weight is 382 g/mol. The first-order chi connectivity index (χ1) is 13.2. The van der Waals surface area contributed by atoms with Crippen LogP contribution in [0.4, 0.5) is 10.1 Å². The van der Waals surface area contributed by atoms with Gasteiger partial charge in [0, 0.05) is 11.8 Å². The molecule has 2 aromatic carbocycles. The number of thiocarbonyl (C=S) groups is 1. The van der Waals surface area contributed by atoms with E-state index >= 15 is 0 Å². The van der Waals surface area contributed by atoms with Crippen molar-refractivity contribution >= 4 is 23.0 Å². The van der Waals surface area contributed by atoms with Gasteiger partial charge in [-0.25, -0.2) is 14.1 Å². The van der Waals surface area contributed by atoms with Crippen LogP contribution in [0.3, 0.4) is 0 Å². The molecule has 0 aliphatic carbocycles. The van der Waals surface area contributed by atoms with Crippen LogP contribution in [0.2, 0.25) is 0 Å². The van der Waals surface area contributed by atoms with Gasteiger partial charge in [-0.2, -0.15) is 5.10 Å². The summed E-state index contributed by atoms with van der Waals surface area (Å²) < 4.78 is 20.8. The molecule has 0 unspecified atom stereocenters. The van der Waals surface area contributed by atoms with Gasteiger partial charge in [-0.3, -0.25) is 0 Å². The molecule has 0 saturated heterocycles. The summed E-state index contributed by atoms with van der Waals surface area (Å²) in [7, 11) is 0. The minimum atomic E-state index is -0.344. The van der Waals surface area contributed by atoms with E-state index in [-0.39, 0.29) is 10.9 Å². The minimum Gasteiger partial charge on any atom is -0.478 e. The first-order valence-corrected chi connectivity index (χ1v) is 8.95. The van der Waals surface area contributed by atoms with Crippen molar-refractivity contribution in [1.82, 2.24) is 9.78 Å².